The van der Waals surface area contributed by atoms with Gasteiger partial charge in [-0.3, -0.25) is 0 Å². The monoisotopic (exact) mass is 197 g/mol. The van der Waals surface area contributed by atoms with Crippen molar-refractivity contribution in [1.29, 1.82) is 0 Å². The number of rotatable bonds is 10. The van der Waals surface area contributed by atoms with E-state index in [9.17, 15) is 0 Å². The number of nitrogens with one attached hydrogen (secondary N) is 1. The molecule has 0 fully saturated rings. The summed E-state index contributed by atoms with van der Waals surface area (Å²) in [5, 5.41) is 3.55. The van der Waals surface area contributed by atoms with Crippen LogP contribution in [0.3, 0.4) is 0 Å². The molecule has 0 aliphatic heterocycles. The van der Waals surface area contributed by atoms with Gasteiger partial charge in [-0.15, -0.1) is 6.58 Å². The molecule has 0 bridgehead atoms. The van der Waals surface area contributed by atoms with E-state index in [0.717, 1.165) is 12.6 Å². The lowest BCUT2D eigenvalue weighted by molar-refractivity contribution is 0.438. The topological polar surface area (TPSA) is 12.0 Å². The molecular weight excluding hydrogens is 170 g/mol. The van der Waals surface area contributed by atoms with Crippen molar-refractivity contribution in [2.24, 2.45) is 0 Å². The van der Waals surface area contributed by atoms with E-state index in [1.807, 2.05) is 6.08 Å². The van der Waals surface area contributed by atoms with Crippen LogP contribution >= 0.6 is 0 Å². The minimum atomic E-state index is 0.758. The van der Waals surface area contributed by atoms with Gasteiger partial charge in [0.05, 0.1) is 0 Å². The fourth-order valence-electron chi connectivity index (χ4n) is 1.84. The molecule has 0 radical (unpaired) electrons. The van der Waals surface area contributed by atoms with E-state index in [-0.39, 0.29) is 0 Å². The lowest BCUT2D eigenvalue weighted by Gasteiger charge is -2.16. The summed E-state index contributed by atoms with van der Waals surface area (Å²) in [4.78, 5) is 0. The molecule has 1 heteroatoms. The number of unbranched alkanes of at least 4 members (excludes halogenated alkanes) is 3. The summed E-state index contributed by atoms with van der Waals surface area (Å²) in [7, 11) is 0. The minimum Gasteiger partial charge on any atom is -0.314 e. The minimum absolute atomic E-state index is 0.758. The lowest BCUT2D eigenvalue weighted by atomic mass is 10.0. The van der Waals surface area contributed by atoms with Gasteiger partial charge in [0.15, 0.2) is 0 Å². The van der Waals surface area contributed by atoms with Gasteiger partial charge in [0, 0.05) is 6.04 Å². The molecule has 0 rings (SSSR count). The molecule has 0 amide bonds. The molecule has 14 heavy (non-hydrogen) atoms. The van der Waals surface area contributed by atoms with Crippen LogP contribution in [0, 0.1) is 0 Å². The summed E-state index contributed by atoms with van der Waals surface area (Å²) in [6.45, 7) is 9.31. The molecule has 1 unspecified atom stereocenters. The van der Waals surface area contributed by atoms with Crippen molar-refractivity contribution in [2.45, 2.75) is 64.8 Å². The average Bonchev–Trinajstić information content (AvgIpc) is 2.18. The third kappa shape index (κ3) is 8.31. The summed E-state index contributed by atoms with van der Waals surface area (Å²) in [5.41, 5.74) is 0. The maximum absolute atomic E-state index is 3.74. The van der Waals surface area contributed by atoms with Gasteiger partial charge in [0.1, 0.15) is 0 Å². The maximum atomic E-state index is 3.74. The van der Waals surface area contributed by atoms with E-state index < -0.39 is 0 Å². The summed E-state index contributed by atoms with van der Waals surface area (Å²) in [5.74, 6) is 0. The first kappa shape index (κ1) is 13.7. The van der Waals surface area contributed by atoms with Gasteiger partial charge in [0.2, 0.25) is 0 Å². The number of hydrogen-bond acceptors (Lipinski definition) is 1. The van der Waals surface area contributed by atoms with Crippen molar-refractivity contribution in [1.82, 2.24) is 5.32 Å². The normalized spacial score (nSPS) is 12.7. The molecule has 1 N–H and O–H groups in total. The van der Waals surface area contributed by atoms with E-state index in [0.29, 0.717) is 0 Å². The second-order valence-electron chi connectivity index (χ2n) is 3.97. The van der Waals surface area contributed by atoms with Gasteiger partial charge in [-0.1, -0.05) is 39.2 Å². The highest BCUT2D eigenvalue weighted by atomic mass is 14.9. The van der Waals surface area contributed by atoms with E-state index in [1.165, 1.54) is 44.9 Å². The summed E-state index contributed by atoms with van der Waals surface area (Å²) in [6.07, 6.45) is 11.2. The smallest absolute Gasteiger partial charge is 0.00668 e. The average molecular weight is 197 g/mol. The first-order valence-electron chi connectivity index (χ1n) is 6.19. The van der Waals surface area contributed by atoms with Gasteiger partial charge >= 0.3 is 0 Å². The SMILES string of the molecule is C=CCCCCCC(CCC)NCC. The molecule has 0 saturated heterocycles. The van der Waals surface area contributed by atoms with Crippen LogP contribution in [-0.2, 0) is 0 Å². The number of allylic oxidation sites excluding steroid dienone is 1. The molecule has 0 saturated carbocycles. The molecule has 0 aromatic rings. The van der Waals surface area contributed by atoms with Crippen molar-refractivity contribution in [2.75, 3.05) is 6.54 Å². The Morgan fingerprint density at radius 3 is 2.50 bits per heavy atom. The Bertz CT molecular complexity index is 114. The second kappa shape index (κ2) is 10.8. The Hall–Kier alpha value is -0.300. The summed E-state index contributed by atoms with van der Waals surface area (Å²) >= 11 is 0. The van der Waals surface area contributed by atoms with Gasteiger partial charge in [-0.25, -0.2) is 0 Å². The molecule has 84 valence electrons. The van der Waals surface area contributed by atoms with Crippen molar-refractivity contribution in [3.63, 3.8) is 0 Å². The molecule has 0 aromatic carbocycles. The van der Waals surface area contributed by atoms with Crippen molar-refractivity contribution < 1.29 is 0 Å². The lowest BCUT2D eigenvalue weighted by Crippen LogP contribution is -2.28. The molecule has 1 nitrogen and oxygen atoms in total. The Kier molecular flexibility index (Phi) is 10.5. The van der Waals surface area contributed by atoms with Gasteiger partial charge in [0.25, 0.3) is 0 Å². The standard InChI is InChI=1S/C13H27N/c1-4-7-8-9-10-12-13(11-5-2)14-6-3/h4,13-14H,1,5-12H2,2-3H3. The fourth-order valence-corrected chi connectivity index (χ4v) is 1.84. The van der Waals surface area contributed by atoms with Crippen LogP contribution in [0.25, 0.3) is 0 Å². The highest BCUT2D eigenvalue weighted by Crippen LogP contribution is 2.09. The molecule has 0 aliphatic rings. The van der Waals surface area contributed by atoms with Crippen LogP contribution in [0.1, 0.15) is 58.8 Å². The Labute approximate surface area is 90.0 Å². The summed E-state index contributed by atoms with van der Waals surface area (Å²) in [6, 6.07) is 0.758. The van der Waals surface area contributed by atoms with Crippen LogP contribution in [0.5, 0.6) is 0 Å². The summed E-state index contributed by atoms with van der Waals surface area (Å²) < 4.78 is 0. The van der Waals surface area contributed by atoms with Crippen LogP contribution < -0.4 is 5.32 Å². The molecule has 0 aromatic heterocycles. The Balaban J connectivity index is 3.34. The van der Waals surface area contributed by atoms with Crippen molar-refractivity contribution in [3.8, 4) is 0 Å². The maximum Gasteiger partial charge on any atom is 0.00668 e. The zero-order valence-corrected chi connectivity index (χ0v) is 10.0. The van der Waals surface area contributed by atoms with Crippen LogP contribution in [0.15, 0.2) is 12.7 Å². The van der Waals surface area contributed by atoms with Gasteiger partial charge < -0.3 is 5.32 Å². The van der Waals surface area contributed by atoms with E-state index >= 15 is 0 Å². The first-order valence-corrected chi connectivity index (χ1v) is 6.19. The third-order valence-corrected chi connectivity index (χ3v) is 2.59. The molecular formula is C13H27N. The molecule has 0 spiro atoms. The largest absolute Gasteiger partial charge is 0.314 e. The van der Waals surface area contributed by atoms with Crippen LogP contribution in [-0.4, -0.2) is 12.6 Å². The highest BCUT2D eigenvalue weighted by Gasteiger charge is 2.04. The predicted octanol–water partition coefficient (Wildman–Crippen LogP) is 3.90. The zero-order chi connectivity index (χ0) is 10.6. The highest BCUT2D eigenvalue weighted by molar-refractivity contribution is 4.68. The molecule has 1 atom stereocenters. The van der Waals surface area contributed by atoms with E-state index in [2.05, 4.69) is 25.7 Å². The van der Waals surface area contributed by atoms with Gasteiger partial charge in [-0.05, 0) is 32.2 Å². The second-order valence-corrected chi connectivity index (χ2v) is 3.97. The molecule has 0 heterocycles. The first-order chi connectivity index (χ1) is 6.85. The van der Waals surface area contributed by atoms with Crippen LogP contribution in [0.4, 0.5) is 0 Å². The third-order valence-electron chi connectivity index (χ3n) is 2.59. The molecule has 0 aliphatic carbocycles. The van der Waals surface area contributed by atoms with Crippen molar-refractivity contribution in [3.05, 3.63) is 12.7 Å². The van der Waals surface area contributed by atoms with E-state index in [1.54, 1.807) is 0 Å². The zero-order valence-electron chi connectivity index (χ0n) is 10.0. The van der Waals surface area contributed by atoms with Gasteiger partial charge in [-0.2, -0.15) is 0 Å². The Morgan fingerprint density at radius 2 is 1.93 bits per heavy atom. The van der Waals surface area contributed by atoms with Crippen LogP contribution in [0.2, 0.25) is 0 Å². The fraction of sp³-hybridized carbons (Fsp3) is 0.846. The number of hydrogen-bond donors (Lipinski definition) is 1. The van der Waals surface area contributed by atoms with E-state index in [4.69, 9.17) is 0 Å². The quantitative estimate of drug-likeness (QED) is 0.414. The predicted molar refractivity (Wildman–Crippen MR) is 65.7 cm³/mol. The van der Waals surface area contributed by atoms with Crippen molar-refractivity contribution >= 4 is 0 Å². The Morgan fingerprint density at radius 1 is 1.14 bits per heavy atom.